The summed E-state index contributed by atoms with van der Waals surface area (Å²) in [6.45, 7) is 4.01. The van der Waals surface area contributed by atoms with Crippen molar-refractivity contribution in [1.29, 1.82) is 0 Å². The Kier molecular flexibility index (Phi) is 5.56. The quantitative estimate of drug-likeness (QED) is 0.856. The third-order valence-corrected chi connectivity index (χ3v) is 3.60. The van der Waals surface area contributed by atoms with Gasteiger partial charge in [-0.3, -0.25) is 9.69 Å². The molecule has 1 aliphatic rings. The molecule has 1 heterocycles. The van der Waals surface area contributed by atoms with Crippen LogP contribution >= 0.6 is 11.6 Å². The first-order valence-electron chi connectivity index (χ1n) is 6.73. The summed E-state index contributed by atoms with van der Waals surface area (Å²) in [6.07, 6.45) is 2.84. The van der Waals surface area contributed by atoms with Crippen molar-refractivity contribution in [3.05, 3.63) is 47.3 Å². The highest BCUT2D eigenvalue weighted by atomic mass is 35.5. The Morgan fingerprint density at radius 1 is 1.20 bits per heavy atom. The molecule has 2 rings (SSSR count). The molecule has 0 bridgehead atoms. The maximum atomic E-state index is 12.9. The van der Waals surface area contributed by atoms with E-state index in [4.69, 9.17) is 11.6 Å². The Morgan fingerprint density at radius 2 is 1.95 bits per heavy atom. The SMILES string of the molecule is O=C(c1ccc(F)cc1)N1CCCN(C/C=C/Cl)CC1. The van der Waals surface area contributed by atoms with Gasteiger partial charge in [0.2, 0.25) is 0 Å². The molecule has 20 heavy (non-hydrogen) atoms. The van der Waals surface area contributed by atoms with Crippen LogP contribution in [0.5, 0.6) is 0 Å². The van der Waals surface area contributed by atoms with Gasteiger partial charge < -0.3 is 4.90 Å². The molecular formula is C15H18ClFN2O. The summed E-state index contributed by atoms with van der Waals surface area (Å²) in [5.41, 5.74) is 2.06. The maximum absolute atomic E-state index is 12.9. The maximum Gasteiger partial charge on any atom is 0.253 e. The van der Waals surface area contributed by atoms with Gasteiger partial charge in [0.15, 0.2) is 0 Å². The number of benzene rings is 1. The highest BCUT2D eigenvalue weighted by Crippen LogP contribution is 2.10. The van der Waals surface area contributed by atoms with Crippen LogP contribution < -0.4 is 0 Å². The van der Waals surface area contributed by atoms with Crippen molar-refractivity contribution >= 4 is 17.5 Å². The first-order valence-corrected chi connectivity index (χ1v) is 7.17. The lowest BCUT2D eigenvalue weighted by atomic mass is 10.2. The molecule has 0 aliphatic carbocycles. The van der Waals surface area contributed by atoms with Crippen LogP contribution in [0.3, 0.4) is 0 Å². The van der Waals surface area contributed by atoms with Gasteiger partial charge >= 0.3 is 0 Å². The third kappa shape index (κ3) is 4.05. The van der Waals surface area contributed by atoms with Crippen LogP contribution in [0.15, 0.2) is 35.9 Å². The lowest BCUT2D eigenvalue weighted by Gasteiger charge is -2.21. The Balaban J connectivity index is 1.96. The van der Waals surface area contributed by atoms with E-state index in [-0.39, 0.29) is 11.7 Å². The molecule has 5 heteroatoms. The molecule has 0 radical (unpaired) electrons. The normalized spacial score (nSPS) is 17.4. The Bertz CT molecular complexity index is 475. The van der Waals surface area contributed by atoms with E-state index in [1.165, 1.54) is 29.8 Å². The van der Waals surface area contributed by atoms with Crippen LogP contribution in [0.4, 0.5) is 4.39 Å². The van der Waals surface area contributed by atoms with Crippen molar-refractivity contribution < 1.29 is 9.18 Å². The molecule has 1 amide bonds. The average Bonchev–Trinajstić information content (AvgIpc) is 2.70. The summed E-state index contributed by atoms with van der Waals surface area (Å²) >= 11 is 5.53. The summed E-state index contributed by atoms with van der Waals surface area (Å²) in [7, 11) is 0. The first-order chi connectivity index (χ1) is 9.70. The Labute approximate surface area is 123 Å². The topological polar surface area (TPSA) is 23.6 Å². The summed E-state index contributed by atoms with van der Waals surface area (Å²) in [5.74, 6) is -0.351. The van der Waals surface area contributed by atoms with Gasteiger partial charge in [-0.15, -0.1) is 0 Å². The van der Waals surface area contributed by atoms with Crippen molar-refractivity contribution in [3.63, 3.8) is 0 Å². The molecule has 1 fully saturated rings. The van der Waals surface area contributed by atoms with E-state index in [9.17, 15) is 9.18 Å². The zero-order chi connectivity index (χ0) is 14.4. The summed E-state index contributed by atoms with van der Waals surface area (Å²) < 4.78 is 12.9. The van der Waals surface area contributed by atoms with Crippen molar-refractivity contribution in [2.45, 2.75) is 6.42 Å². The van der Waals surface area contributed by atoms with E-state index < -0.39 is 0 Å². The van der Waals surface area contributed by atoms with Crippen LogP contribution in [0, 0.1) is 5.82 Å². The van der Waals surface area contributed by atoms with Crippen LogP contribution in [0.2, 0.25) is 0 Å². The van der Waals surface area contributed by atoms with E-state index in [0.29, 0.717) is 12.1 Å². The number of halogens is 2. The van der Waals surface area contributed by atoms with Gasteiger partial charge in [-0.05, 0) is 30.7 Å². The minimum absolute atomic E-state index is 0.0280. The number of carbonyl (C=O) groups excluding carboxylic acids is 1. The molecule has 0 atom stereocenters. The fourth-order valence-corrected chi connectivity index (χ4v) is 2.40. The predicted molar refractivity (Wildman–Crippen MR) is 78.4 cm³/mol. The van der Waals surface area contributed by atoms with Crippen LogP contribution in [-0.2, 0) is 0 Å². The summed E-state index contributed by atoms with van der Waals surface area (Å²) in [5, 5.41) is 0. The molecule has 1 aromatic rings. The molecule has 1 aromatic carbocycles. The average molecular weight is 297 g/mol. The molecule has 0 N–H and O–H groups in total. The highest BCUT2D eigenvalue weighted by molar-refractivity contribution is 6.25. The number of nitrogens with zero attached hydrogens (tertiary/aromatic N) is 2. The third-order valence-electron chi connectivity index (χ3n) is 3.42. The number of carbonyl (C=O) groups is 1. The van der Waals surface area contributed by atoms with Crippen LogP contribution in [0.1, 0.15) is 16.8 Å². The zero-order valence-corrected chi connectivity index (χ0v) is 12.0. The monoisotopic (exact) mass is 296 g/mol. The number of amides is 1. The second kappa shape index (κ2) is 7.41. The van der Waals surface area contributed by atoms with Crippen LogP contribution in [-0.4, -0.2) is 48.4 Å². The molecule has 0 spiro atoms. The van der Waals surface area contributed by atoms with Gasteiger partial charge in [-0.2, -0.15) is 0 Å². The van der Waals surface area contributed by atoms with E-state index in [1.54, 1.807) is 0 Å². The lowest BCUT2D eigenvalue weighted by molar-refractivity contribution is 0.0762. The first kappa shape index (κ1) is 15.0. The molecule has 0 saturated carbocycles. The summed E-state index contributed by atoms with van der Waals surface area (Å²) in [4.78, 5) is 16.4. The van der Waals surface area contributed by atoms with E-state index in [0.717, 1.165) is 32.6 Å². The zero-order valence-electron chi connectivity index (χ0n) is 11.3. The van der Waals surface area contributed by atoms with Gasteiger partial charge in [-0.1, -0.05) is 17.7 Å². The molecule has 1 aliphatic heterocycles. The number of hydrogen-bond donors (Lipinski definition) is 0. The molecule has 3 nitrogen and oxygen atoms in total. The fourth-order valence-electron chi connectivity index (χ4n) is 2.32. The van der Waals surface area contributed by atoms with Crippen molar-refractivity contribution in [2.75, 3.05) is 32.7 Å². The molecule has 1 saturated heterocycles. The van der Waals surface area contributed by atoms with Gasteiger partial charge in [0.25, 0.3) is 5.91 Å². The number of hydrogen-bond acceptors (Lipinski definition) is 2. The Hall–Kier alpha value is -1.39. The predicted octanol–water partition coefficient (Wildman–Crippen LogP) is 2.73. The Morgan fingerprint density at radius 3 is 2.65 bits per heavy atom. The molecule has 108 valence electrons. The second-order valence-corrected chi connectivity index (χ2v) is 5.07. The highest BCUT2D eigenvalue weighted by Gasteiger charge is 2.19. The largest absolute Gasteiger partial charge is 0.337 e. The van der Waals surface area contributed by atoms with E-state index >= 15 is 0 Å². The standard InChI is InChI=1S/C15H18ClFN2O/c16-7-1-8-18-9-2-10-19(12-11-18)15(20)13-3-5-14(17)6-4-13/h1,3-7H,2,8-12H2/b7-1+. The van der Waals surface area contributed by atoms with E-state index in [2.05, 4.69) is 4.90 Å². The van der Waals surface area contributed by atoms with Crippen molar-refractivity contribution in [3.8, 4) is 0 Å². The van der Waals surface area contributed by atoms with Gasteiger partial charge in [0, 0.05) is 43.8 Å². The van der Waals surface area contributed by atoms with E-state index in [1.807, 2.05) is 11.0 Å². The second-order valence-electron chi connectivity index (χ2n) is 4.81. The van der Waals surface area contributed by atoms with Gasteiger partial charge in [-0.25, -0.2) is 4.39 Å². The smallest absolute Gasteiger partial charge is 0.253 e. The molecular weight excluding hydrogens is 279 g/mol. The summed E-state index contributed by atoms with van der Waals surface area (Å²) in [6, 6.07) is 5.72. The minimum atomic E-state index is -0.323. The van der Waals surface area contributed by atoms with Crippen molar-refractivity contribution in [1.82, 2.24) is 9.80 Å². The fraction of sp³-hybridized carbons (Fsp3) is 0.400. The van der Waals surface area contributed by atoms with Gasteiger partial charge in [0.1, 0.15) is 5.82 Å². The van der Waals surface area contributed by atoms with Crippen LogP contribution in [0.25, 0.3) is 0 Å². The molecule has 0 aromatic heterocycles. The van der Waals surface area contributed by atoms with Gasteiger partial charge in [0.05, 0.1) is 0 Å². The van der Waals surface area contributed by atoms with Crippen molar-refractivity contribution in [2.24, 2.45) is 0 Å². The number of rotatable bonds is 3. The minimum Gasteiger partial charge on any atom is -0.337 e. The molecule has 0 unspecified atom stereocenters. The lowest BCUT2D eigenvalue weighted by Crippen LogP contribution is -2.35.